The van der Waals surface area contributed by atoms with Crippen molar-refractivity contribution in [2.75, 3.05) is 0 Å². The van der Waals surface area contributed by atoms with Crippen LogP contribution in [0.3, 0.4) is 0 Å². The van der Waals surface area contributed by atoms with Crippen molar-refractivity contribution in [3.8, 4) is 0 Å². The summed E-state index contributed by atoms with van der Waals surface area (Å²) >= 11 is 0. The van der Waals surface area contributed by atoms with E-state index in [4.69, 9.17) is 0 Å². The highest BCUT2D eigenvalue weighted by Crippen LogP contribution is 2.25. The van der Waals surface area contributed by atoms with Gasteiger partial charge in [-0.15, -0.1) is 0 Å². The molecule has 1 aliphatic carbocycles. The maximum atomic E-state index is 3.72. The van der Waals surface area contributed by atoms with Crippen LogP contribution in [0.5, 0.6) is 0 Å². The molecule has 0 radical (unpaired) electrons. The lowest BCUT2D eigenvalue weighted by Crippen LogP contribution is -2.25. The second-order valence-electron chi connectivity index (χ2n) is 5.63. The molecule has 3 rings (SSSR count). The predicted octanol–water partition coefficient (Wildman–Crippen LogP) is 4.12. The summed E-state index contributed by atoms with van der Waals surface area (Å²) in [5, 5.41) is 6.45. The van der Waals surface area contributed by atoms with Crippen LogP contribution in [0.15, 0.2) is 42.5 Å². The summed E-state index contributed by atoms with van der Waals surface area (Å²) < 4.78 is 0. The predicted molar refractivity (Wildman–Crippen MR) is 77.6 cm³/mol. The standard InChI is InChI=1S/C17H21N/c1-13-9-10-16(11-13)18-12-15-7-4-6-14-5-2-3-8-17(14)15/h2-8,13,16,18H,9-12H2,1H3. The first-order valence-electron chi connectivity index (χ1n) is 7.03. The van der Waals surface area contributed by atoms with Crippen molar-refractivity contribution in [1.82, 2.24) is 5.32 Å². The second kappa shape index (κ2) is 5.11. The van der Waals surface area contributed by atoms with E-state index >= 15 is 0 Å². The van der Waals surface area contributed by atoms with Gasteiger partial charge in [0.15, 0.2) is 0 Å². The largest absolute Gasteiger partial charge is 0.310 e. The van der Waals surface area contributed by atoms with Gasteiger partial charge in [0.2, 0.25) is 0 Å². The fraction of sp³-hybridized carbons (Fsp3) is 0.412. The highest BCUT2D eigenvalue weighted by Gasteiger charge is 2.20. The van der Waals surface area contributed by atoms with Crippen LogP contribution >= 0.6 is 0 Å². The highest BCUT2D eigenvalue weighted by molar-refractivity contribution is 5.85. The van der Waals surface area contributed by atoms with Gasteiger partial charge in [-0.05, 0) is 41.5 Å². The average Bonchev–Trinajstić information content (AvgIpc) is 2.82. The molecule has 0 spiro atoms. The molecule has 1 fully saturated rings. The Morgan fingerprint density at radius 3 is 2.72 bits per heavy atom. The molecule has 0 amide bonds. The van der Waals surface area contributed by atoms with Crippen LogP contribution in [-0.2, 0) is 6.54 Å². The van der Waals surface area contributed by atoms with E-state index in [0.717, 1.165) is 18.5 Å². The van der Waals surface area contributed by atoms with Gasteiger partial charge in [-0.1, -0.05) is 49.4 Å². The molecule has 0 aromatic heterocycles. The lowest BCUT2D eigenvalue weighted by Gasteiger charge is -2.13. The van der Waals surface area contributed by atoms with E-state index in [1.54, 1.807) is 0 Å². The van der Waals surface area contributed by atoms with Crippen molar-refractivity contribution < 1.29 is 0 Å². The molecule has 2 aromatic rings. The number of hydrogen-bond donors (Lipinski definition) is 1. The first-order valence-corrected chi connectivity index (χ1v) is 7.03. The minimum atomic E-state index is 0.721. The quantitative estimate of drug-likeness (QED) is 0.849. The second-order valence-corrected chi connectivity index (χ2v) is 5.63. The summed E-state index contributed by atoms with van der Waals surface area (Å²) in [6.07, 6.45) is 4.06. The molecule has 1 N–H and O–H groups in total. The molecular weight excluding hydrogens is 218 g/mol. The van der Waals surface area contributed by atoms with E-state index in [9.17, 15) is 0 Å². The molecular formula is C17H21N. The first-order chi connectivity index (χ1) is 8.83. The Labute approximate surface area is 109 Å². The summed E-state index contributed by atoms with van der Waals surface area (Å²) in [5.74, 6) is 0.898. The third-order valence-electron chi connectivity index (χ3n) is 4.16. The highest BCUT2D eigenvalue weighted by atomic mass is 14.9. The smallest absolute Gasteiger partial charge is 0.0214 e. The zero-order chi connectivity index (χ0) is 12.4. The fourth-order valence-electron chi connectivity index (χ4n) is 3.09. The maximum Gasteiger partial charge on any atom is 0.0214 e. The number of rotatable bonds is 3. The monoisotopic (exact) mass is 239 g/mol. The number of fused-ring (bicyclic) bond motifs is 1. The number of benzene rings is 2. The molecule has 94 valence electrons. The Hall–Kier alpha value is -1.34. The van der Waals surface area contributed by atoms with E-state index in [2.05, 4.69) is 54.7 Å². The minimum absolute atomic E-state index is 0.721. The van der Waals surface area contributed by atoms with Crippen molar-refractivity contribution in [1.29, 1.82) is 0 Å². The SMILES string of the molecule is CC1CCC(NCc2cccc3ccccc23)C1. The molecule has 1 saturated carbocycles. The van der Waals surface area contributed by atoms with E-state index < -0.39 is 0 Å². The Balaban J connectivity index is 1.74. The molecule has 2 unspecified atom stereocenters. The molecule has 0 saturated heterocycles. The van der Waals surface area contributed by atoms with E-state index in [-0.39, 0.29) is 0 Å². The third-order valence-corrected chi connectivity index (χ3v) is 4.16. The Kier molecular flexibility index (Phi) is 3.33. The maximum absolute atomic E-state index is 3.72. The van der Waals surface area contributed by atoms with Gasteiger partial charge in [0, 0.05) is 12.6 Å². The van der Waals surface area contributed by atoms with Crippen molar-refractivity contribution >= 4 is 10.8 Å². The van der Waals surface area contributed by atoms with Crippen LogP contribution < -0.4 is 5.32 Å². The van der Waals surface area contributed by atoms with Crippen LogP contribution in [0, 0.1) is 5.92 Å². The Morgan fingerprint density at radius 1 is 1.06 bits per heavy atom. The molecule has 1 aliphatic rings. The van der Waals surface area contributed by atoms with Gasteiger partial charge < -0.3 is 5.32 Å². The van der Waals surface area contributed by atoms with Gasteiger partial charge in [0.25, 0.3) is 0 Å². The van der Waals surface area contributed by atoms with Crippen LogP contribution in [-0.4, -0.2) is 6.04 Å². The van der Waals surface area contributed by atoms with Crippen molar-refractivity contribution in [3.05, 3.63) is 48.0 Å². The Bertz CT molecular complexity index is 527. The molecule has 18 heavy (non-hydrogen) atoms. The molecule has 2 aromatic carbocycles. The van der Waals surface area contributed by atoms with Gasteiger partial charge in [0.05, 0.1) is 0 Å². The topological polar surface area (TPSA) is 12.0 Å². The molecule has 1 heteroatoms. The van der Waals surface area contributed by atoms with Crippen molar-refractivity contribution in [2.24, 2.45) is 5.92 Å². The molecule has 0 heterocycles. The van der Waals surface area contributed by atoms with Gasteiger partial charge in [-0.25, -0.2) is 0 Å². The molecule has 2 atom stereocenters. The van der Waals surface area contributed by atoms with E-state index in [1.165, 1.54) is 35.6 Å². The summed E-state index contributed by atoms with van der Waals surface area (Å²) in [5.41, 5.74) is 1.42. The van der Waals surface area contributed by atoms with Gasteiger partial charge in [-0.3, -0.25) is 0 Å². The summed E-state index contributed by atoms with van der Waals surface area (Å²) in [7, 11) is 0. The van der Waals surface area contributed by atoms with Crippen molar-refractivity contribution in [3.63, 3.8) is 0 Å². The zero-order valence-corrected chi connectivity index (χ0v) is 11.0. The summed E-state index contributed by atoms with van der Waals surface area (Å²) in [6.45, 7) is 3.36. The number of nitrogens with one attached hydrogen (secondary N) is 1. The van der Waals surface area contributed by atoms with Gasteiger partial charge in [0.1, 0.15) is 0 Å². The van der Waals surface area contributed by atoms with Crippen LogP contribution in [0.1, 0.15) is 31.7 Å². The lowest BCUT2D eigenvalue weighted by molar-refractivity contribution is 0.503. The fourth-order valence-corrected chi connectivity index (χ4v) is 3.09. The first kappa shape index (κ1) is 11.7. The molecule has 0 aliphatic heterocycles. The van der Waals surface area contributed by atoms with Gasteiger partial charge in [-0.2, -0.15) is 0 Å². The van der Waals surface area contributed by atoms with E-state index in [0.29, 0.717) is 0 Å². The minimum Gasteiger partial charge on any atom is -0.310 e. The Morgan fingerprint density at radius 2 is 1.89 bits per heavy atom. The van der Waals surface area contributed by atoms with Crippen LogP contribution in [0.25, 0.3) is 10.8 Å². The number of hydrogen-bond acceptors (Lipinski definition) is 1. The van der Waals surface area contributed by atoms with Gasteiger partial charge >= 0.3 is 0 Å². The van der Waals surface area contributed by atoms with Crippen molar-refractivity contribution in [2.45, 2.75) is 38.8 Å². The summed E-state index contributed by atoms with van der Waals surface area (Å²) in [4.78, 5) is 0. The zero-order valence-electron chi connectivity index (χ0n) is 11.0. The van der Waals surface area contributed by atoms with Crippen LogP contribution in [0.2, 0.25) is 0 Å². The lowest BCUT2D eigenvalue weighted by atomic mass is 10.0. The summed E-state index contributed by atoms with van der Waals surface area (Å²) in [6, 6.07) is 16.0. The molecule has 1 nitrogen and oxygen atoms in total. The normalized spacial score (nSPS) is 23.6. The average molecular weight is 239 g/mol. The van der Waals surface area contributed by atoms with E-state index in [1.807, 2.05) is 0 Å². The van der Waals surface area contributed by atoms with Crippen LogP contribution in [0.4, 0.5) is 0 Å². The third kappa shape index (κ3) is 2.41. The molecule has 0 bridgehead atoms.